The van der Waals surface area contributed by atoms with Crippen LogP contribution in [0, 0.1) is 29.1 Å². The molecule has 0 aromatic rings. The zero-order chi connectivity index (χ0) is 15.4. The second kappa shape index (κ2) is 5.36. The molecule has 1 nitrogen and oxygen atoms in total. The van der Waals surface area contributed by atoms with Crippen LogP contribution in [0.15, 0.2) is 11.6 Å². The summed E-state index contributed by atoms with van der Waals surface area (Å²) in [7, 11) is 0. The Kier molecular flexibility index (Phi) is 3.72. The van der Waals surface area contributed by atoms with Gasteiger partial charge in [0.2, 0.25) is 0 Å². The summed E-state index contributed by atoms with van der Waals surface area (Å²) in [5.41, 5.74) is 1.66. The second-order valence-electron chi connectivity index (χ2n) is 9.07. The lowest BCUT2D eigenvalue weighted by atomic mass is 9.50. The van der Waals surface area contributed by atoms with Crippen molar-refractivity contribution in [2.24, 2.45) is 29.1 Å². The fourth-order valence-electron chi connectivity index (χ4n) is 7.24. The molecular formula is C21H34O. The number of hydrogen-bond donors (Lipinski definition) is 1. The average Bonchev–Trinajstić information content (AvgIpc) is 2.79. The van der Waals surface area contributed by atoms with Crippen molar-refractivity contribution in [2.45, 2.75) is 90.1 Å². The highest BCUT2D eigenvalue weighted by molar-refractivity contribution is 5.19. The Hall–Kier alpha value is -0.300. The normalized spacial score (nSPS) is 50.8. The first-order valence-corrected chi connectivity index (χ1v) is 10.0. The zero-order valence-electron chi connectivity index (χ0n) is 14.6. The van der Waals surface area contributed by atoms with E-state index in [0.29, 0.717) is 0 Å². The van der Waals surface area contributed by atoms with Crippen LogP contribution < -0.4 is 0 Å². The Morgan fingerprint density at radius 1 is 1.14 bits per heavy atom. The molecule has 4 rings (SSSR count). The van der Waals surface area contributed by atoms with Crippen molar-refractivity contribution in [1.82, 2.24) is 0 Å². The molecule has 1 heteroatoms. The minimum atomic E-state index is -0.361. The van der Waals surface area contributed by atoms with Gasteiger partial charge in [-0.1, -0.05) is 31.9 Å². The number of hydrogen-bond acceptors (Lipinski definition) is 1. The van der Waals surface area contributed by atoms with Crippen molar-refractivity contribution < 1.29 is 5.11 Å². The molecule has 0 aromatic heterocycles. The quantitative estimate of drug-likeness (QED) is 0.670. The summed E-state index contributed by atoms with van der Waals surface area (Å²) in [6.07, 6.45) is 16.7. The zero-order valence-corrected chi connectivity index (χ0v) is 14.6. The Labute approximate surface area is 136 Å². The summed E-state index contributed by atoms with van der Waals surface area (Å²) in [6.45, 7) is 4.68. The van der Waals surface area contributed by atoms with E-state index in [1.54, 1.807) is 0 Å². The number of allylic oxidation sites excluding steroid dienone is 2. The van der Waals surface area contributed by atoms with Crippen LogP contribution in [0.1, 0.15) is 84.5 Å². The van der Waals surface area contributed by atoms with Gasteiger partial charge in [0.1, 0.15) is 0 Å². The van der Waals surface area contributed by atoms with E-state index in [9.17, 15) is 5.11 Å². The first-order chi connectivity index (χ1) is 10.6. The molecule has 0 spiro atoms. The first-order valence-electron chi connectivity index (χ1n) is 10.0. The summed E-state index contributed by atoms with van der Waals surface area (Å²) < 4.78 is 0. The Morgan fingerprint density at radius 2 is 2.00 bits per heavy atom. The van der Waals surface area contributed by atoms with Gasteiger partial charge in [-0.25, -0.2) is 0 Å². The summed E-state index contributed by atoms with van der Waals surface area (Å²) in [6, 6.07) is 0. The Morgan fingerprint density at radius 3 is 2.82 bits per heavy atom. The maximum Gasteiger partial charge on any atom is 0.0703 e. The van der Waals surface area contributed by atoms with Crippen molar-refractivity contribution in [1.29, 1.82) is 0 Å². The van der Waals surface area contributed by atoms with Gasteiger partial charge in [0.05, 0.1) is 5.60 Å². The maximum atomic E-state index is 11.4. The standard InChI is InChI=1S/C21H34O/c1-3-12-21(22)14-11-19-18-9-8-15-6-4-5-7-16(15)17(18)10-13-20(19,21)2/h6,16-19,22H,3-5,7-14H2,1-2H3/t16-,17+,18+,19-,20-,21-/m0/s1. The van der Waals surface area contributed by atoms with Crippen LogP contribution in [0.4, 0.5) is 0 Å². The lowest BCUT2D eigenvalue weighted by molar-refractivity contribution is -0.121. The molecule has 1 N–H and O–H groups in total. The third-order valence-corrected chi connectivity index (χ3v) is 8.36. The summed E-state index contributed by atoms with van der Waals surface area (Å²) in [5.74, 6) is 3.57. The van der Waals surface area contributed by atoms with Gasteiger partial charge >= 0.3 is 0 Å². The predicted molar refractivity (Wildman–Crippen MR) is 91.6 cm³/mol. The highest BCUT2D eigenvalue weighted by Crippen LogP contribution is 2.65. The largest absolute Gasteiger partial charge is 0.389 e. The van der Waals surface area contributed by atoms with Gasteiger partial charge in [-0.2, -0.15) is 0 Å². The molecule has 4 aliphatic carbocycles. The molecule has 0 saturated heterocycles. The van der Waals surface area contributed by atoms with Gasteiger partial charge in [0, 0.05) is 0 Å². The molecule has 0 unspecified atom stereocenters. The van der Waals surface area contributed by atoms with E-state index in [4.69, 9.17) is 0 Å². The van der Waals surface area contributed by atoms with Gasteiger partial charge in [-0.15, -0.1) is 0 Å². The third kappa shape index (κ3) is 2.00. The van der Waals surface area contributed by atoms with E-state index in [1.165, 1.54) is 51.4 Å². The van der Waals surface area contributed by atoms with Crippen molar-refractivity contribution in [3.63, 3.8) is 0 Å². The lowest BCUT2D eigenvalue weighted by Crippen LogP contribution is -2.52. The monoisotopic (exact) mass is 302 g/mol. The third-order valence-electron chi connectivity index (χ3n) is 8.36. The summed E-state index contributed by atoms with van der Waals surface area (Å²) in [4.78, 5) is 0. The van der Waals surface area contributed by atoms with Crippen LogP contribution in [-0.4, -0.2) is 10.7 Å². The van der Waals surface area contributed by atoms with Crippen LogP contribution in [0.3, 0.4) is 0 Å². The number of fused-ring (bicyclic) bond motifs is 5. The molecule has 124 valence electrons. The topological polar surface area (TPSA) is 20.2 Å². The smallest absolute Gasteiger partial charge is 0.0703 e. The molecule has 0 heterocycles. The minimum absolute atomic E-state index is 0.208. The van der Waals surface area contributed by atoms with Gasteiger partial charge in [0.15, 0.2) is 0 Å². The molecule has 0 aromatic carbocycles. The van der Waals surface area contributed by atoms with Crippen molar-refractivity contribution in [2.75, 3.05) is 0 Å². The molecule has 22 heavy (non-hydrogen) atoms. The molecule has 3 fully saturated rings. The van der Waals surface area contributed by atoms with E-state index in [1.807, 2.05) is 5.57 Å². The predicted octanol–water partition coefficient (Wildman–Crippen LogP) is 5.48. The van der Waals surface area contributed by atoms with Crippen LogP contribution in [0.25, 0.3) is 0 Å². The molecular weight excluding hydrogens is 268 g/mol. The number of aliphatic hydroxyl groups is 1. The highest BCUT2D eigenvalue weighted by atomic mass is 16.3. The van der Waals surface area contributed by atoms with E-state index < -0.39 is 0 Å². The minimum Gasteiger partial charge on any atom is -0.389 e. The number of rotatable bonds is 2. The fourth-order valence-corrected chi connectivity index (χ4v) is 7.24. The summed E-state index contributed by atoms with van der Waals surface area (Å²) >= 11 is 0. The van der Waals surface area contributed by atoms with Gasteiger partial charge in [-0.3, -0.25) is 0 Å². The highest BCUT2D eigenvalue weighted by Gasteiger charge is 2.61. The van der Waals surface area contributed by atoms with Crippen molar-refractivity contribution in [3.8, 4) is 0 Å². The Bertz CT molecular complexity index is 467. The van der Waals surface area contributed by atoms with E-state index in [2.05, 4.69) is 19.9 Å². The van der Waals surface area contributed by atoms with Crippen LogP contribution in [0.5, 0.6) is 0 Å². The molecule has 0 amide bonds. The van der Waals surface area contributed by atoms with Crippen LogP contribution in [-0.2, 0) is 0 Å². The van der Waals surface area contributed by atoms with E-state index in [0.717, 1.165) is 42.9 Å². The second-order valence-corrected chi connectivity index (χ2v) is 9.07. The molecule has 0 radical (unpaired) electrons. The van der Waals surface area contributed by atoms with Crippen molar-refractivity contribution >= 4 is 0 Å². The molecule has 0 aliphatic heterocycles. The summed E-state index contributed by atoms with van der Waals surface area (Å²) in [5, 5.41) is 11.4. The van der Waals surface area contributed by atoms with Gasteiger partial charge in [-0.05, 0) is 93.3 Å². The van der Waals surface area contributed by atoms with E-state index >= 15 is 0 Å². The van der Waals surface area contributed by atoms with Gasteiger partial charge in [0.25, 0.3) is 0 Å². The van der Waals surface area contributed by atoms with Crippen molar-refractivity contribution in [3.05, 3.63) is 11.6 Å². The lowest BCUT2D eigenvalue weighted by Gasteiger charge is -2.56. The SMILES string of the molecule is CCC[C@]1(O)CC[C@H]2[C@@H]3CCC4=CCCC[C@@H]4[C@H]3CC[C@@]21C. The Balaban J connectivity index is 1.61. The molecule has 6 atom stereocenters. The maximum absolute atomic E-state index is 11.4. The molecule has 3 saturated carbocycles. The van der Waals surface area contributed by atoms with Crippen LogP contribution in [0.2, 0.25) is 0 Å². The van der Waals surface area contributed by atoms with E-state index in [-0.39, 0.29) is 11.0 Å². The molecule has 4 aliphatic rings. The average molecular weight is 303 g/mol. The van der Waals surface area contributed by atoms with Gasteiger partial charge < -0.3 is 5.11 Å². The molecule has 0 bridgehead atoms. The fraction of sp³-hybridized carbons (Fsp3) is 0.905. The first kappa shape index (κ1) is 15.2. The van der Waals surface area contributed by atoms with Crippen LogP contribution >= 0.6 is 0 Å².